The first-order chi connectivity index (χ1) is 10.0. The van der Waals surface area contributed by atoms with Crippen molar-refractivity contribution in [1.29, 1.82) is 0 Å². The van der Waals surface area contributed by atoms with Crippen LogP contribution in [0.4, 0.5) is 0 Å². The first kappa shape index (κ1) is 13.8. The van der Waals surface area contributed by atoms with Crippen LogP contribution in [0.2, 0.25) is 0 Å². The lowest BCUT2D eigenvalue weighted by Crippen LogP contribution is -2.29. The molecule has 1 aromatic carbocycles. The van der Waals surface area contributed by atoms with Crippen LogP contribution in [0, 0.1) is 6.92 Å². The molecular formula is C14H13BrN4O2. The standard InChI is InChI=1S/C14H13BrN4O2/c1-3-19-12-10(13(20)18-14(19)21)16-11(17-12)8-4-5-9(15)7(2)6-8/h4-6H,3H2,1-2H3,(H,16,17)(H,18,20,21). The summed E-state index contributed by atoms with van der Waals surface area (Å²) in [5.41, 5.74) is 1.72. The summed E-state index contributed by atoms with van der Waals surface area (Å²) in [6.07, 6.45) is 0. The third-order valence-corrected chi connectivity index (χ3v) is 4.27. The number of benzene rings is 1. The molecule has 0 spiro atoms. The number of aryl methyl sites for hydroxylation is 2. The van der Waals surface area contributed by atoms with Gasteiger partial charge < -0.3 is 4.98 Å². The number of halogens is 1. The van der Waals surface area contributed by atoms with E-state index in [1.54, 1.807) is 0 Å². The van der Waals surface area contributed by atoms with Crippen LogP contribution < -0.4 is 11.2 Å². The maximum Gasteiger partial charge on any atom is 0.330 e. The summed E-state index contributed by atoms with van der Waals surface area (Å²) >= 11 is 3.45. The van der Waals surface area contributed by atoms with Crippen LogP contribution in [-0.4, -0.2) is 19.5 Å². The SMILES string of the molecule is CCn1c(=O)[nH]c(=O)c2[nH]c(-c3ccc(Br)c(C)c3)nc21. The highest BCUT2D eigenvalue weighted by atomic mass is 79.9. The van der Waals surface area contributed by atoms with E-state index in [1.165, 1.54) is 4.57 Å². The molecule has 2 heterocycles. The largest absolute Gasteiger partial charge is 0.332 e. The van der Waals surface area contributed by atoms with Crippen LogP contribution in [0.15, 0.2) is 32.3 Å². The molecule has 3 aromatic rings. The highest BCUT2D eigenvalue weighted by Crippen LogP contribution is 2.24. The fraction of sp³-hybridized carbons (Fsp3) is 0.214. The van der Waals surface area contributed by atoms with Gasteiger partial charge in [0.1, 0.15) is 11.3 Å². The van der Waals surface area contributed by atoms with E-state index >= 15 is 0 Å². The van der Waals surface area contributed by atoms with Crippen LogP contribution in [0.3, 0.4) is 0 Å². The Hall–Kier alpha value is -2.15. The van der Waals surface area contributed by atoms with Gasteiger partial charge >= 0.3 is 5.69 Å². The molecule has 3 rings (SSSR count). The zero-order chi connectivity index (χ0) is 15.1. The van der Waals surface area contributed by atoms with Gasteiger partial charge in [-0.2, -0.15) is 0 Å². The highest BCUT2D eigenvalue weighted by Gasteiger charge is 2.13. The molecule has 0 amide bonds. The molecule has 0 atom stereocenters. The van der Waals surface area contributed by atoms with E-state index in [0.29, 0.717) is 23.5 Å². The molecule has 0 saturated heterocycles. The van der Waals surface area contributed by atoms with Crippen molar-refractivity contribution in [1.82, 2.24) is 19.5 Å². The monoisotopic (exact) mass is 348 g/mol. The molecule has 0 aliphatic rings. The van der Waals surface area contributed by atoms with Gasteiger partial charge in [-0.3, -0.25) is 14.3 Å². The lowest BCUT2D eigenvalue weighted by Gasteiger charge is -2.01. The number of imidazole rings is 1. The van der Waals surface area contributed by atoms with E-state index < -0.39 is 11.2 Å². The summed E-state index contributed by atoms with van der Waals surface area (Å²) in [5.74, 6) is 0.568. The number of nitrogens with zero attached hydrogens (tertiary/aromatic N) is 2. The number of H-pyrrole nitrogens is 2. The van der Waals surface area contributed by atoms with E-state index in [2.05, 4.69) is 30.9 Å². The van der Waals surface area contributed by atoms with Gasteiger partial charge in [-0.15, -0.1) is 0 Å². The molecule has 0 radical (unpaired) electrons. The van der Waals surface area contributed by atoms with Gasteiger partial charge in [0.25, 0.3) is 5.56 Å². The molecule has 0 bridgehead atoms. The molecule has 6 nitrogen and oxygen atoms in total. The molecule has 0 aliphatic heterocycles. The van der Waals surface area contributed by atoms with E-state index in [9.17, 15) is 9.59 Å². The predicted octanol–water partition coefficient (Wildman–Crippen LogP) is 2.17. The van der Waals surface area contributed by atoms with E-state index in [-0.39, 0.29) is 0 Å². The molecule has 0 unspecified atom stereocenters. The van der Waals surface area contributed by atoms with Crippen molar-refractivity contribution in [3.8, 4) is 11.4 Å². The molecule has 7 heteroatoms. The minimum absolute atomic E-state index is 0.312. The predicted molar refractivity (Wildman–Crippen MR) is 84.5 cm³/mol. The Morgan fingerprint density at radius 2 is 2.05 bits per heavy atom. The van der Waals surface area contributed by atoms with Crippen molar-refractivity contribution in [2.75, 3.05) is 0 Å². The summed E-state index contributed by atoms with van der Waals surface area (Å²) in [4.78, 5) is 33.4. The molecule has 108 valence electrons. The molecule has 0 aliphatic carbocycles. The fourth-order valence-electron chi connectivity index (χ4n) is 2.26. The number of aromatic nitrogens is 4. The number of nitrogens with one attached hydrogen (secondary N) is 2. The number of fused-ring (bicyclic) bond motifs is 1. The number of hydrogen-bond donors (Lipinski definition) is 2. The van der Waals surface area contributed by atoms with Crippen LogP contribution in [-0.2, 0) is 6.54 Å². The second-order valence-electron chi connectivity index (χ2n) is 4.75. The molecule has 21 heavy (non-hydrogen) atoms. The second kappa shape index (κ2) is 5.00. The minimum Gasteiger partial charge on any atom is -0.332 e. The maximum absolute atomic E-state index is 11.9. The molecule has 2 N–H and O–H groups in total. The van der Waals surface area contributed by atoms with Crippen molar-refractivity contribution >= 4 is 27.1 Å². The molecule has 2 aromatic heterocycles. The van der Waals surface area contributed by atoms with Gasteiger partial charge in [0.05, 0.1) is 0 Å². The first-order valence-electron chi connectivity index (χ1n) is 6.50. The summed E-state index contributed by atoms with van der Waals surface area (Å²) < 4.78 is 2.44. The van der Waals surface area contributed by atoms with E-state index in [1.807, 2.05) is 32.0 Å². The molecular weight excluding hydrogens is 336 g/mol. The lowest BCUT2D eigenvalue weighted by atomic mass is 10.1. The summed E-state index contributed by atoms with van der Waals surface area (Å²) in [6.45, 7) is 4.25. The van der Waals surface area contributed by atoms with Crippen LogP contribution in [0.1, 0.15) is 12.5 Å². The normalized spacial score (nSPS) is 11.2. The lowest BCUT2D eigenvalue weighted by molar-refractivity contribution is 0.720. The zero-order valence-corrected chi connectivity index (χ0v) is 13.1. The van der Waals surface area contributed by atoms with Gasteiger partial charge in [0, 0.05) is 16.6 Å². The van der Waals surface area contributed by atoms with Gasteiger partial charge in [-0.1, -0.05) is 22.0 Å². The Bertz CT molecular complexity index is 952. The summed E-state index contributed by atoms with van der Waals surface area (Å²) in [6, 6.07) is 5.79. The minimum atomic E-state index is -0.452. The summed E-state index contributed by atoms with van der Waals surface area (Å²) in [5, 5.41) is 0. The van der Waals surface area contributed by atoms with Crippen LogP contribution in [0.25, 0.3) is 22.6 Å². The van der Waals surface area contributed by atoms with Crippen LogP contribution in [0.5, 0.6) is 0 Å². The highest BCUT2D eigenvalue weighted by molar-refractivity contribution is 9.10. The van der Waals surface area contributed by atoms with Gasteiger partial charge in [-0.05, 0) is 31.5 Å². The van der Waals surface area contributed by atoms with Crippen molar-refractivity contribution in [3.05, 3.63) is 49.1 Å². The van der Waals surface area contributed by atoms with E-state index in [4.69, 9.17) is 0 Å². The Balaban J connectivity index is 2.30. The Labute approximate surface area is 128 Å². The maximum atomic E-state index is 11.9. The number of hydrogen-bond acceptors (Lipinski definition) is 3. The van der Waals surface area contributed by atoms with Gasteiger partial charge in [0.2, 0.25) is 0 Å². The van der Waals surface area contributed by atoms with Crippen molar-refractivity contribution < 1.29 is 0 Å². The Morgan fingerprint density at radius 1 is 1.29 bits per heavy atom. The average molecular weight is 349 g/mol. The smallest absolute Gasteiger partial charge is 0.330 e. The van der Waals surface area contributed by atoms with Crippen LogP contribution >= 0.6 is 15.9 Å². The molecule has 0 fully saturated rings. The number of rotatable bonds is 2. The zero-order valence-electron chi connectivity index (χ0n) is 11.5. The summed E-state index contributed by atoms with van der Waals surface area (Å²) in [7, 11) is 0. The number of aromatic amines is 2. The Morgan fingerprint density at radius 3 is 2.71 bits per heavy atom. The first-order valence-corrected chi connectivity index (χ1v) is 7.30. The third kappa shape index (κ3) is 2.23. The third-order valence-electron chi connectivity index (χ3n) is 3.38. The van der Waals surface area contributed by atoms with Crippen molar-refractivity contribution in [3.63, 3.8) is 0 Å². The van der Waals surface area contributed by atoms with E-state index in [0.717, 1.165) is 15.6 Å². The van der Waals surface area contributed by atoms with Crippen molar-refractivity contribution in [2.45, 2.75) is 20.4 Å². The van der Waals surface area contributed by atoms with Crippen molar-refractivity contribution in [2.24, 2.45) is 0 Å². The topological polar surface area (TPSA) is 83.5 Å². The Kier molecular flexibility index (Phi) is 3.29. The van der Waals surface area contributed by atoms with Gasteiger partial charge in [-0.25, -0.2) is 9.78 Å². The fourth-order valence-corrected chi connectivity index (χ4v) is 2.51. The second-order valence-corrected chi connectivity index (χ2v) is 5.61. The average Bonchev–Trinajstić information content (AvgIpc) is 2.87. The van der Waals surface area contributed by atoms with Gasteiger partial charge in [0.15, 0.2) is 5.65 Å². The molecule has 0 saturated carbocycles. The quantitative estimate of drug-likeness (QED) is 0.744.